The number of halogens is 1. The Balaban J connectivity index is 1.31. The Morgan fingerprint density at radius 3 is 2.58 bits per heavy atom. The molecule has 4 rings (SSSR count). The van der Waals surface area contributed by atoms with Crippen molar-refractivity contribution in [2.24, 2.45) is 0 Å². The molecular formula is C19H19FN4OS. The Bertz CT molecular complexity index is 888. The van der Waals surface area contributed by atoms with Gasteiger partial charge in [-0.15, -0.1) is 0 Å². The molecule has 0 atom stereocenters. The van der Waals surface area contributed by atoms with Crippen LogP contribution < -0.4 is 10.2 Å². The smallest absolute Gasteiger partial charge is 0.240 e. The average molecular weight is 370 g/mol. The van der Waals surface area contributed by atoms with Crippen molar-refractivity contribution in [3.8, 4) is 0 Å². The number of hydrogen-bond acceptors (Lipinski definition) is 5. The van der Waals surface area contributed by atoms with E-state index in [1.54, 1.807) is 12.1 Å². The molecule has 0 bridgehead atoms. The van der Waals surface area contributed by atoms with Crippen LogP contribution in [0.3, 0.4) is 0 Å². The topological polar surface area (TPSA) is 48.5 Å². The molecule has 26 heavy (non-hydrogen) atoms. The predicted molar refractivity (Wildman–Crippen MR) is 103 cm³/mol. The van der Waals surface area contributed by atoms with Crippen LogP contribution in [0.1, 0.15) is 0 Å². The minimum absolute atomic E-state index is 0.0663. The number of thiazole rings is 1. The highest BCUT2D eigenvalue weighted by molar-refractivity contribution is 7.22. The maximum atomic E-state index is 13.9. The number of rotatable bonds is 4. The highest BCUT2D eigenvalue weighted by atomic mass is 32.1. The minimum Gasteiger partial charge on any atom is -0.367 e. The maximum Gasteiger partial charge on any atom is 0.240 e. The fourth-order valence-corrected chi connectivity index (χ4v) is 4.02. The summed E-state index contributed by atoms with van der Waals surface area (Å²) in [6.07, 6.45) is 0. The molecule has 0 unspecified atom stereocenters. The van der Waals surface area contributed by atoms with Crippen molar-refractivity contribution < 1.29 is 9.18 Å². The molecule has 1 saturated heterocycles. The first-order valence-corrected chi connectivity index (χ1v) is 9.38. The number of fused-ring (bicyclic) bond motifs is 1. The summed E-state index contributed by atoms with van der Waals surface area (Å²) >= 11 is 1.48. The molecule has 2 heterocycles. The van der Waals surface area contributed by atoms with Gasteiger partial charge in [0.2, 0.25) is 5.91 Å². The summed E-state index contributed by atoms with van der Waals surface area (Å²) in [7, 11) is 0. The largest absolute Gasteiger partial charge is 0.367 e. The Kier molecular flexibility index (Phi) is 4.81. The van der Waals surface area contributed by atoms with E-state index in [0.717, 1.165) is 23.3 Å². The van der Waals surface area contributed by atoms with Gasteiger partial charge in [-0.25, -0.2) is 9.37 Å². The number of nitrogens with zero attached hydrogens (tertiary/aromatic N) is 3. The number of anilines is 2. The zero-order valence-corrected chi connectivity index (χ0v) is 15.0. The van der Waals surface area contributed by atoms with Crippen molar-refractivity contribution in [2.45, 2.75) is 0 Å². The van der Waals surface area contributed by atoms with Gasteiger partial charge < -0.3 is 10.2 Å². The molecule has 1 fully saturated rings. The van der Waals surface area contributed by atoms with Gasteiger partial charge in [0.15, 0.2) is 5.13 Å². The van der Waals surface area contributed by atoms with Crippen molar-refractivity contribution in [1.82, 2.24) is 9.88 Å². The molecule has 0 spiro atoms. The number of nitrogens with one attached hydrogen (secondary N) is 1. The molecule has 2 aromatic carbocycles. The van der Waals surface area contributed by atoms with Gasteiger partial charge in [-0.05, 0) is 24.3 Å². The highest BCUT2D eigenvalue weighted by Gasteiger charge is 2.21. The zero-order chi connectivity index (χ0) is 17.9. The van der Waals surface area contributed by atoms with E-state index in [-0.39, 0.29) is 11.7 Å². The standard InChI is InChI=1S/C19H19FN4OS/c20-14-5-1-3-7-16(14)24-11-9-23(10-12-24)13-18(25)22-19-21-15-6-2-4-8-17(15)26-19/h1-8H,9-13H2,(H,21,22,25). The second-order valence-corrected chi connectivity index (χ2v) is 7.28. The van der Waals surface area contributed by atoms with Crippen LogP contribution in [0.15, 0.2) is 48.5 Å². The summed E-state index contributed by atoms with van der Waals surface area (Å²) in [5.74, 6) is -0.266. The average Bonchev–Trinajstić information content (AvgIpc) is 3.05. The number of benzene rings is 2. The van der Waals surface area contributed by atoms with E-state index in [1.807, 2.05) is 35.2 Å². The van der Waals surface area contributed by atoms with Gasteiger partial charge in [-0.2, -0.15) is 0 Å². The molecule has 3 aromatic rings. The minimum atomic E-state index is -0.200. The summed E-state index contributed by atoms with van der Waals surface area (Å²) in [6.45, 7) is 3.18. The molecule has 5 nitrogen and oxygen atoms in total. The SMILES string of the molecule is O=C(CN1CCN(c2ccccc2F)CC1)Nc1nc2ccccc2s1. The fourth-order valence-electron chi connectivity index (χ4n) is 3.14. The van der Waals surface area contributed by atoms with Crippen LogP contribution in [0.5, 0.6) is 0 Å². The van der Waals surface area contributed by atoms with E-state index in [4.69, 9.17) is 0 Å². The number of carbonyl (C=O) groups is 1. The molecule has 1 aliphatic heterocycles. The van der Waals surface area contributed by atoms with Gasteiger partial charge in [0.25, 0.3) is 0 Å². The van der Waals surface area contributed by atoms with Crippen LogP contribution in [0.25, 0.3) is 10.2 Å². The second kappa shape index (κ2) is 7.39. The monoisotopic (exact) mass is 370 g/mol. The van der Waals surface area contributed by atoms with Gasteiger partial charge in [0.05, 0.1) is 22.4 Å². The van der Waals surface area contributed by atoms with E-state index in [2.05, 4.69) is 15.2 Å². The molecule has 1 amide bonds. The lowest BCUT2D eigenvalue weighted by atomic mass is 10.2. The Morgan fingerprint density at radius 2 is 1.81 bits per heavy atom. The van der Waals surface area contributed by atoms with Crippen LogP contribution in [-0.4, -0.2) is 48.5 Å². The number of hydrogen-bond donors (Lipinski definition) is 1. The van der Waals surface area contributed by atoms with E-state index < -0.39 is 0 Å². The van der Waals surface area contributed by atoms with Crippen molar-refractivity contribution >= 4 is 38.3 Å². The van der Waals surface area contributed by atoms with Gasteiger partial charge in [-0.1, -0.05) is 35.6 Å². The summed E-state index contributed by atoms with van der Waals surface area (Å²) < 4.78 is 14.9. The van der Waals surface area contributed by atoms with Crippen LogP contribution in [0, 0.1) is 5.82 Å². The summed E-state index contributed by atoms with van der Waals surface area (Å²) in [5, 5.41) is 3.51. The zero-order valence-electron chi connectivity index (χ0n) is 14.2. The third kappa shape index (κ3) is 3.68. The lowest BCUT2D eigenvalue weighted by Crippen LogP contribution is -2.48. The molecule has 0 radical (unpaired) electrons. The summed E-state index contributed by atoms with van der Waals surface area (Å²) in [5.41, 5.74) is 1.53. The molecular weight excluding hydrogens is 351 g/mol. The summed E-state index contributed by atoms with van der Waals surface area (Å²) in [4.78, 5) is 20.8. The van der Waals surface area contributed by atoms with Crippen LogP contribution >= 0.6 is 11.3 Å². The van der Waals surface area contributed by atoms with Gasteiger partial charge >= 0.3 is 0 Å². The first-order valence-electron chi connectivity index (χ1n) is 8.56. The molecule has 7 heteroatoms. The first-order chi connectivity index (χ1) is 12.7. The molecule has 0 saturated carbocycles. The number of aromatic nitrogens is 1. The lowest BCUT2D eigenvalue weighted by molar-refractivity contribution is -0.117. The van der Waals surface area contributed by atoms with E-state index in [0.29, 0.717) is 30.5 Å². The molecule has 134 valence electrons. The summed E-state index contributed by atoms with van der Waals surface area (Å²) in [6, 6.07) is 14.6. The van der Waals surface area contributed by atoms with Crippen molar-refractivity contribution in [3.63, 3.8) is 0 Å². The third-order valence-electron chi connectivity index (χ3n) is 4.47. The predicted octanol–water partition coefficient (Wildman–Crippen LogP) is 3.20. The second-order valence-electron chi connectivity index (χ2n) is 6.25. The molecule has 1 aromatic heterocycles. The Morgan fingerprint density at radius 1 is 1.08 bits per heavy atom. The molecule has 0 aliphatic carbocycles. The fraction of sp³-hybridized carbons (Fsp3) is 0.263. The number of carbonyl (C=O) groups excluding carboxylic acids is 1. The van der Waals surface area contributed by atoms with Crippen molar-refractivity contribution in [2.75, 3.05) is 42.9 Å². The first kappa shape index (κ1) is 16.9. The normalized spacial score (nSPS) is 15.3. The third-order valence-corrected chi connectivity index (χ3v) is 5.42. The molecule has 1 N–H and O–H groups in total. The van der Waals surface area contributed by atoms with Gasteiger partial charge in [-0.3, -0.25) is 9.69 Å². The van der Waals surface area contributed by atoms with E-state index in [9.17, 15) is 9.18 Å². The quantitative estimate of drug-likeness (QED) is 0.766. The maximum absolute atomic E-state index is 13.9. The Labute approximate surface area is 155 Å². The lowest BCUT2D eigenvalue weighted by Gasteiger charge is -2.35. The van der Waals surface area contributed by atoms with Gasteiger partial charge in [0, 0.05) is 26.2 Å². The number of piperazine rings is 1. The number of amides is 1. The molecule has 1 aliphatic rings. The van der Waals surface area contributed by atoms with E-state index in [1.165, 1.54) is 17.4 Å². The van der Waals surface area contributed by atoms with Crippen LogP contribution in [-0.2, 0) is 4.79 Å². The van der Waals surface area contributed by atoms with Gasteiger partial charge in [0.1, 0.15) is 5.82 Å². The Hall–Kier alpha value is -2.51. The number of para-hydroxylation sites is 2. The van der Waals surface area contributed by atoms with Crippen molar-refractivity contribution in [1.29, 1.82) is 0 Å². The highest BCUT2D eigenvalue weighted by Crippen LogP contribution is 2.25. The van der Waals surface area contributed by atoms with E-state index >= 15 is 0 Å². The van der Waals surface area contributed by atoms with Crippen molar-refractivity contribution in [3.05, 3.63) is 54.3 Å². The van der Waals surface area contributed by atoms with Crippen LogP contribution in [0.4, 0.5) is 15.2 Å². The van der Waals surface area contributed by atoms with Crippen LogP contribution in [0.2, 0.25) is 0 Å².